The lowest BCUT2D eigenvalue weighted by molar-refractivity contribution is -0.144. The summed E-state index contributed by atoms with van der Waals surface area (Å²) in [5, 5.41) is 10.4. The second-order valence-corrected chi connectivity index (χ2v) is 6.09. The molecule has 124 valence electrons. The van der Waals surface area contributed by atoms with E-state index in [0.717, 1.165) is 4.90 Å². The van der Waals surface area contributed by atoms with Crippen LogP contribution in [-0.4, -0.2) is 46.5 Å². The first-order chi connectivity index (χ1) is 10.8. The van der Waals surface area contributed by atoms with Crippen LogP contribution in [0, 0.1) is 5.92 Å². The van der Waals surface area contributed by atoms with Crippen molar-refractivity contribution in [3.8, 4) is 0 Å². The molecule has 0 aromatic heterocycles. The first kappa shape index (κ1) is 17.1. The van der Waals surface area contributed by atoms with Crippen LogP contribution in [0.2, 0.25) is 0 Å². The molecule has 2 rings (SSSR count). The number of benzene rings is 1. The Morgan fingerprint density at radius 2 is 1.70 bits per heavy atom. The standard InChI is InChI=1S/C17H21NO5/c1-10(2)8-14(15(20)9-23-11(3)19)18-16(21)12-6-4-5-7-13(12)17(18)22/h4-7,10,14-15,20H,8-9H2,1-3H3/t14-,15-/m0/s1. The fraction of sp³-hybridized carbons (Fsp3) is 0.471. The highest BCUT2D eigenvalue weighted by Crippen LogP contribution is 2.28. The molecule has 6 heteroatoms. The Morgan fingerprint density at radius 3 is 2.13 bits per heavy atom. The van der Waals surface area contributed by atoms with Gasteiger partial charge in [0.15, 0.2) is 0 Å². The van der Waals surface area contributed by atoms with Gasteiger partial charge in [-0.15, -0.1) is 0 Å². The molecule has 0 saturated carbocycles. The lowest BCUT2D eigenvalue weighted by Gasteiger charge is -2.31. The highest BCUT2D eigenvalue weighted by Gasteiger charge is 2.42. The first-order valence-electron chi connectivity index (χ1n) is 7.61. The van der Waals surface area contributed by atoms with Crippen molar-refractivity contribution in [3.05, 3.63) is 35.4 Å². The summed E-state index contributed by atoms with van der Waals surface area (Å²) in [6.45, 7) is 4.86. The lowest BCUT2D eigenvalue weighted by atomic mass is 9.98. The van der Waals surface area contributed by atoms with E-state index in [0.29, 0.717) is 17.5 Å². The zero-order valence-electron chi connectivity index (χ0n) is 13.5. The molecule has 1 aliphatic heterocycles. The molecular weight excluding hydrogens is 298 g/mol. The van der Waals surface area contributed by atoms with Crippen LogP contribution in [0.5, 0.6) is 0 Å². The molecule has 6 nitrogen and oxygen atoms in total. The maximum Gasteiger partial charge on any atom is 0.302 e. The summed E-state index contributed by atoms with van der Waals surface area (Å²) in [4.78, 5) is 37.2. The topological polar surface area (TPSA) is 83.9 Å². The van der Waals surface area contributed by atoms with E-state index < -0.39 is 29.9 Å². The fourth-order valence-corrected chi connectivity index (χ4v) is 2.74. The quantitative estimate of drug-likeness (QED) is 0.636. The Bertz CT molecular complexity index is 590. The Hall–Kier alpha value is -2.21. The van der Waals surface area contributed by atoms with E-state index in [-0.39, 0.29) is 12.5 Å². The highest BCUT2D eigenvalue weighted by atomic mass is 16.5. The summed E-state index contributed by atoms with van der Waals surface area (Å²) in [6, 6.07) is 5.85. The molecule has 0 radical (unpaired) electrons. The predicted octanol–water partition coefficient (Wildman–Crippen LogP) is 1.62. The Labute approximate surface area is 135 Å². The third-order valence-corrected chi connectivity index (χ3v) is 3.77. The molecule has 0 fully saturated rings. The number of rotatable bonds is 6. The minimum Gasteiger partial charge on any atom is -0.463 e. The molecule has 0 bridgehead atoms. The van der Waals surface area contributed by atoms with Crippen molar-refractivity contribution in [1.29, 1.82) is 0 Å². The number of hydrogen-bond donors (Lipinski definition) is 1. The van der Waals surface area contributed by atoms with Gasteiger partial charge in [0.2, 0.25) is 0 Å². The van der Waals surface area contributed by atoms with Crippen LogP contribution >= 0.6 is 0 Å². The number of carbonyl (C=O) groups excluding carboxylic acids is 3. The maximum atomic E-state index is 12.6. The number of hydrogen-bond acceptors (Lipinski definition) is 5. The minimum atomic E-state index is -1.12. The third-order valence-electron chi connectivity index (χ3n) is 3.77. The molecule has 1 heterocycles. The van der Waals surface area contributed by atoms with E-state index in [1.165, 1.54) is 6.92 Å². The second-order valence-electron chi connectivity index (χ2n) is 6.09. The van der Waals surface area contributed by atoms with Gasteiger partial charge in [0.1, 0.15) is 12.7 Å². The molecule has 0 aliphatic carbocycles. The summed E-state index contributed by atoms with van der Waals surface area (Å²) in [6.07, 6.45) is -0.697. The van der Waals surface area contributed by atoms with Crippen molar-refractivity contribution < 1.29 is 24.2 Å². The van der Waals surface area contributed by atoms with Gasteiger partial charge in [-0.25, -0.2) is 0 Å². The van der Waals surface area contributed by atoms with Gasteiger partial charge in [-0.2, -0.15) is 0 Å². The number of ether oxygens (including phenoxy) is 1. The molecule has 1 aromatic rings. The van der Waals surface area contributed by atoms with E-state index in [1.54, 1.807) is 24.3 Å². The molecule has 0 unspecified atom stereocenters. The molecule has 1 N–H and O–H groups in total. The van der Waals surface area contributed by atoms with Gasteiger partial charge in [-0.05, 0) is 24.5 Å². The highest BCUT2D eigenvalue weighted by molar-refractivity contribution is 6.21. The summed E-state index contributed by atoms with van der Waals surface area (Å²) >= 11 is 0. The second kappa shape index (κ2) is 6.91. The van der Waals surface area contributed by atoms with Crippen molar-refractivity contribution in [1.82, 2.24) is 4.90 Å². The van der Waals surface area contributed by atoms with Gasteiger partial charge in [0.25, 0.3) is 11.8 Å². The minimum absolute atomic E-state index is 0.149. The Kier molecular flexibility index (Phi) is 5.15. The van der Waals surface area contributed by atoms with E-state index >= 15 is 0 Å². The number of fused-ring (bicyclic) bond motifs is 1. The van der Waals surface area contributed by atoms with Gasteiger partial charge in [-0.3, -0.25) is 19.3 Å². The van der Waals surface area contributed by atoms with Gasteiger partial charge in [0.05, 0.1) is 17.2 Å². The largest absolute Gasteiger partial charge is 0.463 e. The van der Waals surface area contributed by atoms with Crippen LogP contribution in [-0.2, 0) is 9.53 Å². The van der Waals surface area contributed by atoms with Crippen molar-refractivity contribution >= 4 is 17.8 Å². The van der Waals surface area contributed by atoms with Gasteiger partial charge in [-0.1, -0.05) is 26.0 Å². The average Bonchev–Trinajstić information content (AvgIpc) is 2.74. The van der Waals surface area contributed by atoms with Gasteiger partial charge < -0.3 is 9.84 Å². The van der Waals surface area contributed by atoms with E-state index in [9.17, 15) is 19.5 Å². The van der Waals surface area contributed by atoms with Crippen LogP contribution in [0.1, 0.15) is 47.9 Å². The molecule has 1 aliphatic rings. The summed E-state index contributed by atoms with van der Waals surface area (Å²) in [5.74, 6) is -1.21. The normalized spacial score (nSPS) is 16.5. The zero-order valence-corrected chi connectivity index (χ0v) is 13.5. The number of aliphatic hydroxyl groups excluding tert-OH is 1. The number of imide groups is 1. The van der Waals surface area contributed by atoms with E-state index in [2.05, 4.69) is 0 Å². The van der Waals surface area contributed by atoms with Crippen molar-refractivity contribution in [2.24, 2.45) is 5.92 Å². The molecule has 0 spiro atoms. The molecule has 23 heavy (non-hydrogen) atoms. The smallest absolute Gasteiger partial charge is 0.302 e. The SMILES string of the molecule is CC(=O)OC[C@H](O)[C@H](CC(C)C)N1C(=O)c2ccccc2C1=O. The van der Waals surface area contributed by atoms with Crippen LogP contribution in [0.25, 0.3) is 0 Å². The summed E-state index contributed by atoms with van der Waals surface area (Å²) in [7, 11) is 0. The van der Waals surface area contributed by atoms with Crippen LogP contribution in [0.3, 0.4) is 0 Å². The fourth-order valence-electron chi connectivity index (χ4n) is 2.74. The van der Waals surface area contributed by atoms with Crippen molar-refractivity contribution in [2.75, 3.05) is 6.61 Å². The Balaban J connectivity index is 2.28. The first-order valence-corrected chi connectivity index (χ1v) is 7.61. The molecule has 2 atom stereocenters. The predicted molar refractivity (Wildman–Crippen MR) is 82.8 cm³/mol. The van der Waals surface area contributed by atoms with Crippen LogP contribution in [0.4, 0.5) is 0 Å². The molecule has 2 amide bonds. The van der Waals surface area contributed by atoms with Crippen LogP contribution < -0.4 is 0 Å². The lowest BCUT2D eigenvalue weighted by Crippen LogP contribution is -2.49. The summed E-state index contributed by atoms with van der Waals surface area (Å²) < 4.78 is 4.84. The molecular formula is C17H21NO5. The monoisotopic (exact) mass is 319 g/mol. The summed E-state index contributed by atoms with van der Waals surface area (Å²) in [5.41, 5.74) is 0.678. The maximum absolute atomic E-state index is 12.6. The zero-order chi connectivity index (χ0) is 17.1. The van der Waals surface area contributed by atoms with E-state index in [4.69, 9.17) is 4.74 Å². The van der Waals surface area contributed by atoms with Crippen molar-refractivity contribution in [2.45, 2.75) is 39.3 Å². The van der Waals surface area contributed by atoms with Crippen molar-refractivity contribution in [3.63, 3.8) is 0 Å². The van der Waals surface area contributed by atoms with Crippen LogP contribution in [0.15, 0.2) is 24.3 Å². The van der Waals surface area contributed by atoms with Gasteiger partial charge >= 0.3 is 5.97 Å². The van der Waals surface area contributed by atoms with E-state index in [1.807, 2.05) is 13.8 Å². The number of amides is 2. The average molecular weight is 319 g/mol. The Morgan fingerprint density at radius 1 is 1.17 bits per heavy atom. The number of nitrogens with zero attached hydrogens (tertiary/aromatic N) is 1. The molecule has 1 aromatic carbocycles. The number of esters is 1. The van der Waals surface area contributed by atoms with Gasteiger partial charge in [0, 0.05) is 6.92 Å². The third kappa shape index (κ3) is 3.59. The number of carbonyl (C=O) groups is 3. The number of aliphatic hydroxyl groups is 1. The molecule has 0 saturated heterocycles.